The Labute approximate surface area is 110 Å². The van der Waals surface area contributed by atoms with Crippen LogP contribution >= 0.6 is 0 Å². The second-order valence-corrected chi connectivity index (χ2v) is 4.12. The molecular weight excluding hydrogens is 250 g/mol. The molecule has 1 aliphatic rings. The van der Waals surface area contributed by atoms with Crippen LogP contribution in [0.15, 0.2) is 18.3 Å². The van der Waals surface area contributed by atoms with Gasteiger partial charge in [0.2, 0.25) is 11.8 Å². The zero-order valence-electron chi connectivity index (χ0n) is 10.5. The minimum Gasteiger partial charge on any atom is -0.481 e. The Balaban J connectivity index is 1.97. The summed E-state index contributed by atoms with van der Waals surface area (Å²) >= 11 is 0. The average molecular weight is 265 g/mol. The molecule has 2 heterocycles. The lowest BCUT2D eigenvalue weighted by atomic mass is 10.1. The van der Waals surface area contributed by atoms with Gasteiger partial charge >= 0.3 is 6.09 Å². The Morgan fingerprint density at radius 1 is 1.63 bits per heavy atom. The van der Waals surface area contributed by atoms with E-state index in [4.69, 9.17) is 15.2 Å². The average Bonchev–Trinajstić information content (AvgIpc) is 2.85. The van der Waals surface area contributed by atoms with Crippen LogP contribution in [0.25, 0.3) is 0 Å². The van der Waals surface area contributed by atoms with Crippen LogP contribution in [-0.2, 0) is 16.0 Å². The molecule has 2 amide bonds. The lowest BCUT2D eigenvalue weighted by Gasteiger charge is -2.16. The first-order valence-electron chi connectivity index (χ1n) is 5.84. The van der Waals surface area contributed by atoms with Crippen LogP contribution in [0.1, 0.15) is 5.56 Å². The minimum absolute atomic E-state index is 0.224. The van der Waals surface area contributed by atoms with Gasteiger partial charge in [0.05, 0.1) is 19.7 Å². The summed E-state index contributed by atoms with van der Waals surface area (Å²) in [4.78, 5) is 28.2. The first-order valence-corrected chi connectivity index (χ1v) is 5.84. The van der Waals surface area contributed by atoms with Crippen molar-refractivity contribution < 1.29 is 19.1 Å². The summed E-state index contributed by atoms with van der Waals surface area (Å²) in [6.45, 7) is 0.480. The van der Waals surface area contributed by atoms with Crippen molar-refractivity contribution in [3.8, 4) is 5.88 Å². The lowest BCUT2D eigenvalue weighted by molar-refractivity contribution is -0.129. The quantitative estimate of drug-likeness (QED) is 0.819. The third kappa shape index (κ3) is 3.00. The van der Waals surface area contributed by atoms with Crippen LogP contribution in [0, 0.1) is 0 Å². The van der Waals surface area contributed by atoms with Gasteiger partial charge in [-0.15, -0.1) is 0 Å². The maximum atomic E-state index is 11.9. The third-order valence-corrected chi connectivity index (χ3v) is 2.81. The Morgan fingerprint density at radius 2 is 2.42 bits per heavy atom. The number of pyridine rings is 1. The van der Waals surface area contributed by atoms with Gasteiger partial charge in [-0.25, -0.2) is 14.7 Å². The van der Waals surface area contributed by atoms with E-state index in [1.165, 1.54) is 7.11 Å². The summed E-state index contributed by atoms with van der Waals surface area (Å²) in [7, 11) is 1.52. The molecule has 0 aliphatic carbocycles. The molecule has 0 aromatic carbocycles. The largest absolute Gasteiger partial charge is 0.481 e. The fraction of sp³-hybridized carbons (Fsp3) is 0.417. The normalized spacial score (nSPS) is 16.1. The molecule has 0 radical (unpaired) electrons. The molecule has 1 saturated heterocycles. The first kappa shape index (κ1) is 13.3. The maximum Gasteiger partial charge on any atom is 0.416 e. The predicted octanol–water partition coefficient (Wildman–Crippen LogP) is -0.0612. The van der Waals surface area contributed by atoms with E-state index < -0.39 is 18.0 Å². The molecule has 7 nitrogen and oxygen atoms in total. The lowest BCUT2D eigenvalue weighted by Crippen LogP contribution is -2.45. The fourth-order valence-corrected chi connectivity index (χ4v) is 1.79. The summed E-state index contributed by atoms with van der Waals surface area (Å²) in [5.74, 6) is 0.0603. The number of nitrogens with zero attached hydrogens (tertiary/aromatic N) is 2. The number of ether oxygens (including phenoxy) is 2. The molecule has 0 saturated carbocycles. The highest BCUT2D eigenvalue weighted by Crippen LogP contribution is 2.11. The second-order valence-electron chi connectivity index (χ2n) is 4.12. The molecule has 0 spiro atoms. The zero-order valence-corrected chi connectivity index (χ0v) is 10.5. The van der Waals surface area contributed by atoms with Crippen LogP contribution < -0.4 is 10.5 Å². The molecule has 1 aliphatic heterocycles. The number of hydrogen-bond acceptors (Lipinski definition) is 6. The van der Waals surface area contributed by atoms with Gasteiger partial charge in [-0.1, -0.05) is 6.07 Å². The maximum absolute atomic E-state index is 11.9. The van der Waals surface area contributed by atoms with Gasteiger partial charge in [0.1, 0.15) is 6.61 Å². The van der Waals surface area contributed by atoms with Crippen molar-refractivity contribution in [3.63, 3.8) is 0 Å². The number of carbonyl (C=O) groups is 2. The smallest absolute Gasteiger partial charge is 0.416 e. The number of amides is 2. The number of cyclic esters (lactones) is 1. The van der Waals surface area contributed by atoms with Crippen molar-refractivity contribution in [1.29, 1.82) is 0 Å². The Hall–Kier alpha value is -2.15. The molecule has 1 atom stereocenters. The zero-order chi connectivity index (χ0) is 13.8. The molecule has 1 aromatic heterocycles. The van der Waals surface area contributed by atoms with Gasteiger partial charge in [-0.05, 0) is 12.0 Å². The van der Waals surface area contributed by atoms with Crippen LogP contribution in [0.2, 0.25) is 0 Å². The van der Waals surface area contributed by atoms with Crippen LogP contribution in [0.5, 0.6) is 5.88 Å². The molecular formula is C12H15N3O4. The molecule has 1 unspecified atom stereocenters. The van der Waals surface area contributed by atoms with Gasteiger partial charge in [0, 0.05) is 12.3 Å². The molecule has 1 aromatic rings. The number of nitrogens with two attached hydrogens (primary N) is 1. The Kier molecular flexibility index (Phi) is 3.96. The van der Waals surface area contributed by atoms with Crippen molar-refractivity contribution >= 4 is 12.0 Å². The summed E-state index contributed by atoms with van der Waals surface area (Å²) in [5, 5.41) is 0. The Bertz CT molecular complexity index is 474. The molecule has 1 fully saturated rings. The standard InChI is InChI=1S/C12H15N3O4/c1-18-10-3-2-8(7-14-10)6-9(13)11(16)15-4-5-19-12(15)17/h2-3,7,9H,4-6,13H2,1H3. The van der Waals surface area contributed by atoms with Gasteiger partial charge in [-0.3, -0.25) is 4.79 Å². The number of rotatable bonds is 4. The molecule has 2 N–H and O–H groups in total. The molecule has 2 rings (SSSR count). The van der Waals surface area contributed by atoms with E-state index in [0.29, 0.717) is 12.3 Å². The van der Waals surface area contributed by atoms with Gasteiger partial charge in [0.15, 0.2) is 0 Å². The Morgan fingerprint density at radius 3 is 2.95 bits per heavy atom. The highest BCUT2D eigenvalue weighted by atomic mass is 16.6. The summed E-state index contributed by atoms with van der Waals surface area (Å²) in [6.07, 6.45) is 1.27. The van der Waals surface area contributed by atoms with Crippen molar-refractivity contribution in [2.24, 2.45) is 5.73 Å². The number of carbonyl (C=O) groups excluding carboxylic acids is 2. The summed E-state index contributed by atoms with van der Waals surface area (Å²) in [5.41, 5.74) is 6.60. The van der Waals surface area contributed by atoms with Crippen molar-refractivity contribution in [2.75, 3.05) is 20.3 Å². The van der Waals surface area contributed by atoms with E-state index >= 15 is 0 Å². The van der Waals surface area contributed by atoms with E-state index in [-0.39, 0.29) is 13.2 Å². The van der Waals surface area contributed by atoms with E-state index in [0.717, 1.165) is 10.5 Å². The number of imide groups is 1. The van der Waals surface area contributed by atoms with Crippen LogP contribution in [0.4, 0.5) is 4.79 Å². The highest BCUT2D eigenvalue weighted by molar-refractivity contribution is 5.95. The minimum atomic E-state index is -0.791. The van der Waals surface area contributed by atoms with Crippen molar-refractivity contribution in [1.82, 2.24) is 9.88 Å². The van der Waals surface area contributed by atoms with Crippen LogP contribution in [0.3, 0.4) is 0 Å². The van der Waals surface area contributed by atoms with E-state index in [1.54, 1.807) is 18.3 Å². The van der Waals surface area contributed by atoms with Gasteiger partial charge in [0.25, 0.3) is 0 Å². The topological polar surface area (TPSA) is 94.8 Å². The summed E-state index contributed by atoms with van der Waals surface area (Å²) < 4.78 is 9.64. The molecule has 0 bridgehead atoms. The predicted molar refractivity (Wildman–Crippen MR) is 65.5 cm³/mol. The number of hydrogen-bond donors (Lipinski definition) is 1. The molecule has 7 heteroatoms. The summed E-state index contributed by atoms with van der Waals surface area (Å²) in [6, 6.07) is 2.68. The van der Waals surface area contributed by atoms with E-state index in [1.807, 2.05) is 0 Å². The van der Waals surface area contributed by atoms with Crippen LogP contribution in [-0.4, -0.2) is 48.2 Å². The monoisotopic (exact) mass is 265 g/mol. The van der Waals surface area contributed by atoms with Gasteiger partial charge < -0.3 is 15.2 Å². The fourth-order valence-electron chi connectivity index (χ4n) is 1.79. The van der Waals surface area contributed by atoms with Gasteiger partial charge in [-0.2, -0.15) is 0 Å². The molecule has 19 heavy (non-hydrogen) atoms. The third-order valence-electron chi connectivity index (χ3n) is 2.81. The SMILES string of the molecule is COc1ccc(CC(N)C(=O)N2CCOC2=O)cn1. The first-order chi connectivity index (χ1) is 9.11. The highest BCUT2D eigenvalue weighted by Gasteiger charge is 2.31. The number of aromatic nitrogens is 1. The second kappa shape index (κ2) is 5.66. The van der Waals surface area contributed by atoms with Crippen molar-refractivity contribution in [2.45, 2.75) is 12.5 Å². The van der Waals surface area contributed by atoms with E-state index in [9.17, 15) is 9.59 Å². The molecule has 102 valence electrons. The number of methoxy groups -OCH3 is 1. The van der Waals surface area contributed by atoms with E-state index in [2.05, 4.69) is 4.98 Å². The van der Waals surface area contributed by atoms with Crippen molar-refractivity contribution in [3.05, 3.63) is 23.9 Å².